The van der Waals surface area contributed by atoms with Gasteiger partial charge in [0, 0.05) is 4.88 Å². The van der Waals surface area contributed by atoms with Crippen LogP contribution >= 0.6 is 11.3 Å². The van der Waals surface area contributed by atoms with Crippen molar-refractivity contribution in [3.05, 3.63) is 45.1 Å². The van der Waals surface area contributed by atoms with Crippen LogP contribution in [-0.2, 0) is 17.6 Å². The molecule has 25 heavy (non-hydrogen) atoms. The van der Waals surface area contributed by atoms with Gasteiger partial charge in [-0.2, -0.15) is 0 Å². The number of rotatable bonds is 4. The quantitative estimate of drug-likeness (QED) is 0.841. The highest BCUT2D eigenvalue weighted by atomic mass is 32.1. The average molecular weight is 359 g/mol. The first-order valence-electron chi connectivity index (χ1n) is 8.21. The van der Waals surface area contributed by atoms with Crippen molar-refractivity contribution < 1.29 is 19.1 Å². The fourth-order valence-electron chi connectivity index (χ4n) is 3.04. The Kier molecular flexibility index (Phi) is 5.08. The number of carbonyl (C=O) groups excluding carboxylic acids is 2. The second-order valence-corrected chi connectivity index (χ2v) is 7.40. The largest absolute Gasteiger partial charge is 0.497 e. The number of benzene rings is 1. The number of amides is 1. The highest BCUT2D eigenvalue weighted by Crippen LogP contribution is 2.33. The van der Waals surface area contributed by atoms with E-state index >= 15 is 0 Å². The van der Waals surface area contributed by atoms with E-state index in [4.69, 9.17) is 9.47 Å². The van der Waals surface area contributed by atoms with Gasteiger partial charge >= 0.3 is 5.97 Å². The number of fused-ring (bicyclic) bond motifs is 1. The van der Waals surface area contributed by atoms with Crippen LogP contribution in [0, 0.1) is 5.92 Å². The van der Waals surface area contributed by atoms with Gasteiger partial charge in [-0.15, -0.1) is 11.3 Å². The minimum Gasteiger partial charge on any atom is -0.497 e. The minimum atomic E-state index is -0.520. The van der Waals surface area contributed by atoms with E-state index in [1.807, 2.05) is 6.07 Å². The maximum atomic E-state index is 12.6. The Morgan fingerprint density at radius 1 is 1.24 bits per heavy atom. The molecule has 2 aromatic rings. The van der Waals surface area contributed by atoms with Crippen LogP contribution in [0.25, 0.3) is 0 Å². The van der Waals surface area contributed by atoms with Gasteiger partial charge in [-0.25, -0.2) is 4.79 Å². The van der Waals surface area contributed by atoms with E-state index in [9.17, 15) is 9.59 Å². The molecule has 0 spiro atoms. The van der Waals surface area contributed by atoms with Gasteiger partial charge in [0.2, 0.25) is 0 Å². The molecule has 5 nitrogen and oxygen atoms in total. The normalized spacial score (nSPS) is 16.0. The summed E-state index contributed by atoms with van der Waals surface area (Å²) < 4.78 is 9.94. The van der Waals surface area contributed by atoms with Crippen molar-refractivity contribution in [2.75, 3.05) is 19.5 Å². The molecule has 1 amide bonds. The Bertz CT molecular complexity index is 812. The number of thiophene rings is 1. The lowest BCUT2D eigenvalue weighted by molar-refractivity contribution is 0.0601. The van der Waals surface area contributed by atoms with Gasteiger partial charge in [0.05, 0.1) is 30.3 Å². The molecule has 1 aromatic heterocycles. The van der Waals surface area contributed by atoms with Gasteiger partial charge in [0.1, 0.15) is 5.75 Å². The topological polar surface area (TPSA) is 64.6 Å². The zero-order valence-electron chi connectivity index (χ0n) is 14.5. The van der Waals surface area contributed by atoms with E-state index in [1.165, 1.54) is 42.4 Å². The van der Waals surface area contributed by atoms with Crippen molar-refractivity contribution in [1.82, 2.24) is 0 Å². The predicted molar refractivity (Wildman–Crippen MR) is 97.8 cm³/mol. The van der Waals surface area contributed by atoms with Gasteiger partial charge < -0.3 is 14.8 Å². The number of hydrogen-bond acceptors (Lipinski definition) is 5. The van der Waals surface area contributed by atoms with Crippen molar-refractivity contribution in [3.63, 3.8) is 0 Å². The Hall–Kier alpha value is -2.34. The zero-order chi connectivity index (χ0) is 18.0. The highest BCUT2D eigenvalue weighted by Gasteiger charge is 2.22. The van der Waals surface area contributed by atoms with Crippen molar-refractivity contribution in [2.24, 2.45) is 5.92 Å². The summed E-state index contributed by atoms with van der Waals surface area (Å²) in [6.07, 6.45) is 3.22. The molecule has 1 aromatic carbocycles. The standard InChI is InChI=1S/C19H21NO4S/c1-11-4-7-16-12(8-11)9-17(25-16)18(21)20-15-6-5-13(23-2)10-14(15)19(22)24-3/h5-6,9-11H,4,7-8H2,1-3H3,(H,20,21)/t11-/m0/s1. The van der Waals surface area contributed by atoms with Crippen LogP contribution < -0.4 is 10.1 Å². The first kappa shape index (κ1) is 17.5. The van der Waals surface area contributed by atoms with E-state index in [1.54, 1.807) is 18.2 Å². The molecule has 1 N–H and O–H groups in total. The van der Waals surface area contributed by atoms with E-state index in [2.05, 4.69) is 12.2 Å². The van der Waals surface area contributed by atoms with Crippen LogP contribution in [0.3, 0.4) is 0 Å². The van der Waals surface area contributed by atoms with Gasteiger partial charge in [-0.05, 0) is 55.0 Å². The van der Waals surface area contributed by atoms with E-state index in [-0.39, 0.29) is 11.5 Å². The third kappa shape index (κ3) is 3.69. The van der Waals surface area contributed by atoms with Gasteiger partial charge in [0.15, 0.2) is 0 Å². The summed E-state index contributed by atoms with van der Waals surface area (Å²) in [6, 6.07) is 6.89. The number of methoxy groups -OCH3 is 2. The molecule has 3 rings (SSSR count). The van der Waals surface area contributed by atoms with Crippen LogP contribution in [-0.4, -0.2) is 26.1 Å². The van der Waals surface area contributed by atoms with Crippen LogP contribution in [0.5, 0.6) is 5.75 Å². The Morgan fingerprint density at radius 2 is 2.04 bits per heavy atom. The monoisotopic (exact) mass is 359 g/mol. The molecule has 0 saturated carbocycles. The molecule has 1 aliphatic carbocycles. The van der Waals surface area contributed by atoms with Crippen LogP contribution in [0.1, 0.15) is 43.8 Å². The number of anilines is 1. The number of carbonyl (C=O) groups is 2. The summed E-state index contributed by atoms with van der Waals surface area (Å²) in [7, 11) is 2.83. The molecular formula is C19H21NO4S. The predicted octanol–water partition coefficient (Wildman–Crippen LogP) is 3.92. The lowest BCUT2D eigenvalue weighted by atomic mass is 9.90. The first-order chi connectivity index (χ1) is 12.0. The lowest BCUT2D eigenvalue weighted by Crippen LogP contribution is -2.14. The summed E-state index contributed by atoms with van der Waals surface area (Å²) in [6.45, 7) is 2.24. The fourth-order valence-corrected chi connectivity index (χ4v) is 4.14. The molecule has 1 atom stereocenters. The highest BCUT2D eigenvalue weighted by molar-refractivity contribution is 7.14. The number of nitrogens with one attached hydrogen (secondary N) is 1. The van der Waals surface area contributed by atoms with Crippen LogP contribution in [0.4, 0.5) is 5.69 Å². The average Bonchev–Trinajstić information content (AvgIpc) is 3.04. The number of aryl methyl sites for hydroxylation is 1. The van der Waals surface area contributed by atoms with E-state index in [0.717, 1.165) is 12.8 Å². The Morgan fingerprint density at radius 3 is 2.76 bits per heavy atom. The molecule has 6 heteroatoms. The van der Waals surface area contributed by atoms with Crippen molar-refractivity contribution in [3.8, 4) is 5.75 Å². The summed E-state index contributed by atoms with van der Waals surface area (Å²) in [5, 5.41) is 2.83. The molecule has 132 valence electrons. The molecular weight excluding hydrogens is 338 g/mol. The molecule has 1 heterocycles. The van der Waals surface area contributed by atoms with Crippen molar-refractivity contribution >= 4 is 28.9 Å². The number of ether oxygens (including phenoxy) is 2. The van der Waals surface area contributed by atoms with Crippen molar-refractivity contribution in [2.45, 2.75) is 26.2 Å². The smallest absolute Gasteiger partial charge is 0.340 e. The molecule has 0 bridgehead atoms. The lowest BCUT2D eigenvalue weighted by Gasteiger charge is -2.16. The van der Waals surface area contributed by atoms with Gasteiger partial charge in [-0.3, -0.25) is 4.79 Å². The van der Waals surface area contributed by atoms with E-state index in [0.29, 0.717) is 22.2 Å². The fraction of sp³-hybridized carbons (Fsp3) is 0.368. The number of hydrogen-bond donors (Lipinski definition) is 1. The summed E-state index contributed by atoms with van der Waals surface area (Å²) in [5.41, 5.74) is 1.96. The molecule has 0 aliphatic heterocycles. The maximum absolute atomic E-state index is 12.6. The zero-order valence-corrected chi connectivity index (χ0v) is 15.4. The molecule has 0 radical (unpaired) electrons. The third-order valence-electron chi connectivity index (χ3n) is 4.43. The third-order valence-corrected chi connectivity index (χ3v) is 5.67. The summed E-state index contributed by atoms with van der Waals surface area (Å²) in [4.78, 5) is 26.6. The Labute approximate surface area is 151 Å². The van der Waals surface area contributed by atoms with Crippen LogP contribution in [0.2, 0.25) is 0 Å². The Balaban J connectivity index is 1.85. The van der Waals surface area contributed by atoms with Crippen LogP contribution in [0.15, 0.2) is 24.3 Å². The second-order valence-electron chi connectivity index (χ2n) is 6.26. The molecule has 0 saturated heterocycles. The maximum Gasteiger partial charge on any atom is 0.340 e. The minimum absolute atomic E-state index is 0.206. The number of esters is 1. The van der Waals surface area contributed by atoms with Gasteiger partial charge in [0.25, 0.3) is 5.91 Å². The summed E-state index contributed by atoms with van der Waals surface area (Å²) >= 11 is 1.54. The molecule has 0 fully saturated rings. The van der Waals surface area contributed by atoms with Gasteiger partial charge in [-0.1, -0.05) is 6.92 Å². The van der Waals surface area contributed by atoms with Crippen molar-refractivity contribution in [1.29, 1.82) is 0 Å². The first-order valence-corrected chi connectivity index (χ1v) is 9.02. The summed E-state index contributed by atoms with van der Waals surface area (Å²) in [5.74, 6) is 0.459. The molecule has 0 unspecified atom stereocenters. The second kappa shape index (κ2) is 7.27. The van der Waals surface area contributed by atoms with E-state index < -0.39 is 5.97 Å². The molecule has 1 aliphatic rings. The SMILES string of the molecule is COC(=O)c1cc(OC)ccc1NC(=O)c1cc2c(s1)CC[C@H](C)C2.